The van der Waals surface area contributed by atoms with Gasteiger partial charge in [0.2, 0.25) is 35.4 Å². The minimum Gasteiger partial charge on any atom is -0.508 e. The van der Waals surface area contributed by atoms with Crippen molar-refractivity contribution in [1.29, 1.82) is 0 Å². The molecule has 0 radical (unpaired) electrons. The topological polar surface area (TPSA) is 248 Å². The second-order valence-electron chi connectivity index (χ2n) is 15.6. The molecule has 2 aliphatic rings. The average Bonchev–Trinajstić information content (AvgIpc) is 3.90. The lowest BCUT2D eigenvalue weighted by Crippen LogP contribution is -2.63. The minimum absolute atomic E-state index is 0.00488. The van der Waals surface area contributed by atoms with E-state index in [4.69, 9.17) is 5.73 Å². The third kappa shape index (κ3) is 10.9. The molecule has 3 heterocycles. The number of hydrogen-bond donors (Lipinski definition) is 9. The summed E-state index contributed by atoms with van der Waals surface area (Å²) in [6.45, 7) is 1.84. The van der Waals surface area contributed by atoms with E-state index in [-0.39, 0.29) is 44.4 Å². The number of aromatic hydroxyl groups is 1. The maximum atomic E-state index is 14.7. The van der Waals surface area contributed by atoms with Crippen LogP contribution in [0, 0.1) is 0 Å². The Morgan fingerprint density at radius 2 is 1.28 bits per heavy atom. The number of aromatic amines is 1. The summed E-state index contributed by atoms with van der Waals surface area (Å²) in [6.07, 6.45) is 2.12. The number of benzene rings is 3. The van der Waals surface area contributed by atoms with Crippen LogP contribution in [-0.4, -0.2) is 111 Å². The highest BCUT2D eigenvalue weighted by molar-refractivity contribution is 5.99. The molecule has 2 aliphatic heterocycles. The van der Waals surface area contributed by atoms with Crippen molar-refractivity contribution in [3.63, 3.8) is 0 Å². The van der Waals surface area contributed by atoms with E-state index >= 15 is 0 Å². The number of carbonyl (C=O) groups excluding carboxylic acids is 6. The number of rotatable bonds is 11. The van der Waals surface area contributed by atoms with Gasteiger partial charge in [0.15, 0.2) is 0 Å². The number of unbranched alkanes of at least 4 members (excludes halogenated alkanes) is 1. The van der Waals surface area contributed by atoms with Gasteiger partial charge in [0.1, 0.15) is 42.0 Å². The van der Waals surface area contributed by atoms with Crippen LogP contribution in [0.1, 0.15) is 55.7 Å². The molecule has 0 saturated carbocycles. The summed E-state index contributed by atoms with van der Waals surface area (Å²) in [5.74, 6) is -4.13. The summed E-state index contributed by atoms with van der Waals surface area (Å²) in [6, 6.07) is 15.1. The number of aliphatic hydroxyl groups excluding tert-OH is 1. The zero-order valence-electron chi connectivity index (χ0n) is 33.6. The predicted octanol–water partition coefficient (Wildman–Crippen LogP) is 0.840. The molecule has 318 valence electrons. The van der Waals surface area contributed by atoms with Gasteiger partial charge in [-0.3, -0.25) is 28.8 Å². The number of nitrogens with two attached hydrogens (primary N) is 1. The number of para-hydroxylation sites is 1. The second-order valence-corrected chi connectivity index (χ2v) is 15.6. The number of aromatic nitrogens is 1. The molecule has 0 unspecified atom stereocenters. The van der Waals surface area contributed by atoms with E-state index in [1.165, 1.54) is 24.0 Å². The van der Waals surface area contributed by atoms with Crippen molar-refractivity contribution in [1.82, 2.24) is 36.5 Å². The highest BCUT2D eigenvalue weighted by atomic mass is 16.3. The molecule has 0 aliphatic carbocycles. The molecule has 4 aromatic rings. The molecule has 3 aromatic carbocycles. The van der Waals surface area contributed by atoms with Crippen LogP contribution < -0.4 is 32.3 Å². The Bertz CT molecular complexity index is 2140. The van der Waals surface area contributed by atoms with Crippen LogP contribution in [0.5, 0.6) is 5.75 Å². The van der Waals surface area contributed by atoms with Crippen LogP contribution in [-0.2, 0) is 48.0 Å². The first-order valence-corrected chi connectivity index (χ1v) is 20.5. The fourth-order valence-electron chi connectivity index (χ4n) is 7.85. The largest absolute Gasteiger partial charge is 0.508 e. The van der Waals surface area contributed by atoms with E-state index in [1.807, 2.05) is 24.3 Å². The smallest absolute Gasteiger partial charge is 0.246 e. The van der Waals surface area contributed by atoms with Crippen LogP contribution in [0.25, 0.3) is 10.9 Å². The molecule has 6 amide bonds. The Morgan fingerprint density at radius 1 is 0.683 bits per heavy atom. The third-order valence-electron chi connectivity index (χ3n) is 11.1. The van der Waals surface area contributed by atoms with Gasteiger partial charge >= 0.3 is 0 Å². The number of amides is 6. The molecule has 0 bridgehead atoms. The molecular weight excluding hydrogens is 769 g/mol. The van der Waals surface area contributed by atoms with Gasteiger partial charge in [-0.1, -0.05) is 60.7 Å². The number of nitrogens with zero attached hydrogens (tertiary/aromatic N) is 1. The van der Waals surface area contributed by atoms with E-state index in [9.17, 15) is 39.0 Å². The van der Waals surface area contributed by atoms with Crippen molar-refractivity contribution in [2.24, 2.45) is 5.73 Å². The lowest BCUT2D eigenvalue weighted by atomic mass is 10.00. The predicted molar refractivity (Wildman–Crippen MR) is 223 cm³/mol. The molecule has 2 fully saturated rings. The average molecular weight is 823 g/mol. The number of aliphatic hydroxyl groups is 1. The molecule has 60 heavy (non-hydrogen) atoms. The van der Waals surface area contributed by atoms with Crippen molar-refractivity contribution >= 4 is 46.3 Å². The quantitative estimate of drug-likeness (QED) is 0.0972. The zero-order valence-corrected chi connectivity index (χ0v) is 33.6. The summed E-state index contributed by atoms with van der Waals surface area (Å²) >= 11 is 0. The fraction of sp³-hybridized carbons (Fsp3) is 0.409. The van der Waals surface area contributed by atoms with Crippen LogP contribution in [0.2, 0.25) is 0 Å². The van der Waals surface area contributed by atoms with Gasteiger partial charge in [0.05, 0.1) is 6.10 Å². The van der Waals surface area contributed by atoms with Crippen molar-refractivity contribution in [3.05, 3.63) is 102 Å². The molecule has 2 saturated heterocycles. The number of nitrogens with one attached hydrogen (secondary N) is 6. The number of fused-ring (bicyclic) bond motifs is 2. The molecule has 1 aromatic heterocycles. The van der Waals surface area contributed by atoms with E-state index in [2.05, 4.69) is 31.6 Å². The molecule has 6 rings (SSSR count). The van der Waals surface area contributed by atoms with Gasteiger partial charge in [-0.05, 0) is 80.5 Å². The SMILES string of the molecule is C[C@@H](O)[C@@H]1NC(=O)[C@H](Cc2ccccc2)NC(=O)[C@@H]2CCCN2C(=O)[C@H](Cc2ccc(O)cc2)NC(=O)[C@@H](Cc2c[nH]c3ccccc23)NC(=O)[C@H](CCCCN)NC1=O. The van der Waals surface area contributed by atoms with Crippen molar-refractivity contribution in [3.8, 4) is 5.75 Å². The van der Waals surface area contributed by atoms with Crippen LogP contribution in [0.15, 0.2) is 85.1 Å². The molecule has 0 spiro atoms. The highest BCUT2D eigenvalue weighted by Crippen LogP contribution is 2.23. The van der Waals surface area contributed by atoms with Gasteiger partial charge in [-0.2, -0.15) is 0 Å². The highest BCUT2D eigenvalue weighted by Gasteiger charge is 2.41. The summed E-state index contributed by atoms with van der Waals surface area (Å²) in [7, 11) is 0. The maximum absolute atomic E-state index is 14.7. The fourth-order valence-corrected chi connectivity index (χ4v) is 7.85. The Morgan fingerprint density at radius 3 is 2.02 bits per heavy atom. The normalized spacial score (nSPS) is 24.0. The van der Waals surface area contributed by atoms with E-state index in [1.54, 1.807) is 48.7 Å². The van der Waals surface area contributed by atoms with E-state index < -0.39 is 77.8 Å². The summed E-state index contributed by atoms with van der Waals surface area (Å²) < 4.78 is 0. The number of phenolic OH excluding ortho intramolecular Hbond substituents is 1. The lowest BCUT2D eigenvalue weighted by molar-refractivity contribution is -0.143. The van der Waals surface area contributed by atoms with Crippen LogP contribution >= 0.6 is 0 Å². The van der Waals surface area contributed by atoms with E-state index in [0.717, 1.165) is 10.9 Å². The van der Waals surface area contributed by atoms with Gasteiger partial charge < -0.3 is 52.4 Å². The van der Waals surface area contributed by atoms with Crippen LogP contribution in [0.4, 0.5) is 0 Å². The number of H-pyrrole nitrogens is 1. The van der Waals surface area contributed by atoms with Crippen LogP contribution in [0.3, 0.4) is 0 Å². The molecule has 10 N–H and O–H groups in total. The monoisotopic (exact) mass is 822 g/mol. The zero-order chi connectivity index (χ0) is 42.8. The number of phenols is 1. The Hall–Kier alpha value is -6.26. The number of hydrogen-bond acceptors (Lipinski definition) is 9. The first kappa shape index (κ1) is 43.3. The summed E-state index contributed by atoms with van der Waals surface area (Å²) in [4.78, 5) is 90.4. The van der Waals surface area contributed by atoms with Gasteiger partial charge in [0.25, 0.3) is 0 Å². The molecule has 16 nitrogen and oxygen atoms in total. The summed E-state index contributed by atoms with van der Waals surface area (Å²) in [5.41, 5.74) is 8.59. The first-order chi connectivity index (χ1) is 28.9. The standard InChI is InChI=1S/C44H54N8O8/c1-26(53)38-43(59)47-33(14-7-8-20-45)39(55)48-35(24-29-25-46-32-13-6-5-12-31(29)32)40(56)50-36(23-28-16-18-30(54)19-17-28)44(60)52-21-9-15-37(52)42(58)49-34(41(57)51-38)22-27-10-3-2-4-11-27/h2-6,10-13,16-19,25-26,33-38,46,53-54H,7-9,14-15,20-24,45H2,1H3,(H,47,59)(H,48,55)(H,49,58)(H,50,56)(H,51,57)/t26-,33+,34+,35-,36+,37+,38+/m1/s1. The van der Waals surface area contributed by atoms with Gasteiger partial charge in [-0.25, -0.2) is 0 Å². The lowest BCUT2D eigenvalue weighted by Gasteiger charge is -2.32. The Kier molecular flexibility index (Phi) is 14.5. The third-order valence-corrected chi connectivity index (χ3v) is 11.1. The second kappa shape index (κ2) is 20.1. The van der Waals surface area contributed by atoms with Gasteiger partial charge in [-0.15, -0.1) is 0 Å². The molecule has 7 atom stereocenters. The van der Waals surface area contributed by atoms with E-state index in [0.29, 0.717) is 42.5 Å². The molecular formula is C44H54N8O8. The molecule has 16 heteroatoms. The van der Waals surface area contributed by atoms with Crippen molar-refractivity contribution in [2.75, 3.05) is 13.1 Å². The Labute approximate surface area is 348 Å². The first-order valence-electron chi connectivity index (χ1n) is 20.5. The van der Waals surface area contributed by atoms with Gasteiger partial charge in [0, 0.05) is 42.9 Å². The van der Waals surface area contributed by atoms with Crippen molar-refractivity contribution < 1.29 is 39.0 Å². The minimum atomic E-state index is -1.54. The van der Waals surface area contributed by atoms with Crippen molar-refractivity contribution in [2.45, 2.75) is 101 Å². The maximum Gasteiger partial charge on any atom is 0.246 e. The Balaban J connectivity index is 1.41. The summed E-state index contributed by atoms with van der Waals surface area (Å²) in [5, 5.41) is 35.4. The number of carbonyl (C=O) groups is 6.